The van der Waals surface area contributed by atoms with Gasteiger partial charge in [-0.3, -0.25) is 9.69 Å². The van der Waals surface area contributed by atoms with Gasteiger partial charge >= 0.3 is 5.97 Å². The van der Waals surface area contributed by atoms with Crippen molar-refractivity contribution >= 4 is 5.97 Å². The maximum atomic E-state index is 11.5. The summed E-state index contributed by atoms with van der Waals surface area (Å²) >= 11 is 0. The number of carbonyl (C=O) groups excluding carboxylic acids is 1. The van der Waals surface area contributed by atoms with E-state index in [0.717, 1.165) is 12.8 Å². The number of fused-ring (bicyclic) bond motifs is 2. The van der Waals surface area contributed by atoms with Crippen LogP contribution in [0.2, 0.25) is 0 Å². The number of nitrogens with zero attached hydrogens (tertiary/aromatic N) is 1. The summed E-state index contributed by atoms with van der Waals surface area (Å²) in [5.41, 5.74) is -0.113. The molecule has 0 spiro atoms. The van der Waals surface area contributed by atoms with Gasteiger partial charge in [0, 0.05) is 18.8 Å². The summed E-state index contributed by atoms with van der Waals surface area (Å²) in [6, 6.07) is 0. The molecule has 2 fully saturated rings. The lowest BCUT2D eigenvalue weighted by Crippen LogP contribution is -2.58. The summed E-state index contributed by atoms with van der Waals surface area (Å²) in [5.74, 6) is 0.498. The van der Waals surface area contributed by atoms with Crippen LogP contribution < -0.4 is 0 Å². The van der Waals surface area contributed by atoms with Crippen molar-refractivity contribution in [1.29, 1.82) is 0 Å². The average Bonchev–Trinajstić information content (AvgIpc) is 2.48. The summed E-state index contributed by atoms with van der Waals surface area (Å²) in [4.78, 5) is 13.6. The Labute approximate surface area is 105 Å². The quantitative estimate of drug-likeness (QED) is 0.548. The van der Waals surface area contributed by atoms with E-state index >= 15 is 0 Å². The monoisotopic (exact) mass is 239 g/mol. The summed E-state index contributed by atoms with van der Waals surface area (Å²) in [6.07, 6.45) is 3.39. The fraction of sp³-hybridized carbons (Fsp3) is 0.929. The van der Waals surface area contributed by atoms with Crippen LogP contribution in [0.15, 0.2) is 0 Å². The molecule has 0 amide bonds. The molecular weight excluding hydrogens is 214 g/mol. The lowest BCUT2D eigenvalue weighted by Gasteiger charge is -2.51. The molecule has 0 aliphatic heterocycles. The van der Waals surface area contributed by atoms with Crippen LogP contribution in [0.25, 0.3) is 0 Å². The molecule has 2 bridgehead atoms. The van der Waals surface area contributed by atoms with Crippen molar-refractivity contribution in [2.75, 3.05) is 14.1 Å². The van der Waals surface area contributed by atoms with Crippen LogP contribution >= 0.6 is 0 Å². The topological polar surface area (TPSA) is 29.5 Å². The molecule has 0 N–H and O–H groups in total. The van der Waals surface area contributed by atoms with Gasteiger partial charge in [0.2, 0.25) is 0 Å². The number of rotatable bonds is 2. The minimum Gasteiger partial charge on any atom is -0.443 e. The fourth-order valence-electron chi connectivity index (χ4n) is 4.37. The van der Waals surface area contributed by atoms with Gasteiger partial charge in [-0.25, -0.2) is 0 Å². The Morgan fingerprint density at radius 3 is 2.18 bits per heavy atom. The lowest BCUT2D eigenvalue weighted by molar-refractivity contribution is -0.215. The predicted octanol–water partition coefficient (Wildman–Crippen LogP) is 2.65. The predicted molar refractivity (Wildman–Crippen MR) is 67.4 cm³/mol. The van der Waals surface area contributed by atoms with Gasteiger partial charge in [-0.15, -0.1) is 0 Å². The second kappa shape index (κ2) is 3.47. The Hall–Kier alpha value is -0.570. The van der Waals surface area contributed by atoms with Crippen molar-refractivity contribution in [3.63, 3.8) is 0 Å². The molecule has 0 aromatic rings. The van der Waals surface area contributed by atoms with Gasteiger partial charge < -0.3 is 4.74 Å². The summed E-state index contributed by atoms with van der Waals surface area (Å²) in [6.45, 7) is 8.48. The second-order valence-corrected chi connectivity index (χ2v) is 6.77. The molecular formula is C14H25NO2. The van der Waals surface area contributed by atoms with Gasteiger partial charge in [0.1, 0.15) is 0 Å². The number of carbonyl (C=O) groups is 1. The Bertz CT molecular complexity index is 350. The zero-order valence-electron chi connectivity index (χ0n) is 12.0. The SMILES string of the molecule is CC(=O)OC1(N(C)C)CC2CCC1(C)C2(C)C. The number of esters is 1. The van der Waals surface area contributed by atoms with E-state index in [2.05, 4.69) is 25.7 Å². The smallest absolute Gasteiger partial charge is 0.304 e. The normalized spacial score (nSPS) is 43.1. The molecule has 17 heavy (non-hydrogen) atoms. The van der Waals surface area contributed by atoms with Crippen molar-refractivity contribution in [2.45, 2.75) is 52.7 Å². The van der Waals surface area contributed by atoms with Crippen molar-refractivity contribution in [3.8, 4) is 0 Å². The van der Waals surface area contributed by atoms with Crippen LogP contribution in [-0.4, -0.2) is 30.7 Å². The zero-order valence-corrected chi connectivity index (χ0v) is 12.0. The summed E-state index contributed by atoms with van der Waals surface area (Å²) < 4.78 is 5.82. The standard InChI is InChI=1S/C14H25NO2/c1-10(16)17-14(15(5)6)9-11-7-8-13(14,4)12(11,2)3/h11H,7-9H2,1-6H3. The van der Waals surface area contributed by atoms with Gasteiger partial charge in [-0.2, -0.15) is 0 Å². The van der Waals surface area contributed by atoms with Crippen molar-refractivity contribution in [2.24, 2.45) is 16.7 Å². The van der Waals surface area contributed by atoms with Crippen LogP contribution in [0.3, 0.4) is 0 Å². The van der Waals surface area contributed by atoms with Crippen LogP contribution in [0, 0.1) is 16.7 Å². The third-order valence-electron chi connectivity index (χ3n) is 5.86. The first-order chi connectivity index (χ1) is 7.67. The number of hydrogen-bond donors (Lipinski definition) is 0. The molecule has 98 valence electrons. The van der Waals surface area contributed by atoms with Gasteiger partial charge in [0.05, 0.1) is 0 Å². The Morgan fingerprint density at radius 2 is 1.88 bits per heavy atom. The van der Waals surface area contributed by atoms with Gasteiger partial charge in [0.25, 0.3) is 0 Å². The Balaban J connectivity index is 2.47. The molecule has 0 aromatic heterocycles. The Kier molecular flexibility index (Phi) is 2.63. The zero-order chi connectivity index (χ0) is 13.1. The first-order valence-corrected chi connectivity index (χ1v) is 6.54. The molecule has 2 rings (SSSR count). The summed E-state index contributed by atoms with van der Waals surface area (Å²) in [5, 5.41) is 0. The van der Waals surface area contributed by atoms with Crippen LogP contribution in [0.4, 0.5) is 0 Å². The fourth-order valence-corrected chi connectivity index (χ4v) is 4.37. The second-order valence-electron chi connectivity index (χ2n) is 6.77. The van der Waals surface area contributed by atoms with Crippen LogP contribution in [0.5, 0.6) is 0 Å². The van der Waals surface area contributed by atoms with E-state index < -0.39 is 5.72 Å². The van der Waals surface area contributed by atoms with Crippen molar-refractivity contribution < 1.29 is 9.53 Å². The number of hydrogen-bond acceptors (Lipinski definition) is 3. The maximum absolute atomic E-state index is 11.5. The van der Waals surface area contributed by atoms with E-state index in [1.165, 1.54) is 13.3 Å². The van der Waals surface area contributed by atoms with E-state index in [1.807, 2.05) is 14.1 Å². The van der Waals surface area contributed by atoms with Gasteiger partial charge in [-0.1, -0.05) is 20.8 Å². The highest BCUT2D eigenvalue weighted by molar-refractivity contribution is 5.66. The molecule has 3 nitrogen and oxygen atoms in total. The van der Waals surface area contributed by atoms with E-state index in [4.69, 9.17) is 4.74 Å². The third-order valence-corrected chi connectivity index (χ3v) is 5.86. The summed E-state index contributed by atoms with van der Waals surface area (Å²) in [7, 11) is 4.07. The molecule has 3 heteroatoms. The van der Waals surface area contributed by atoms with Crippen LogP contribution in [-0.2, 0) is 9.53 Å². The largest absolute Gasteiger partial charge is 0.443 e. The molecule has 3 unspecified atom stereocenters. The van der Waals surface area contributed by atoms with Gasteiger partial charge in [0.15, 0.2) is 5.72 Å². The Morgan fingerprint density at radius 1 is 1.29 bits per heavy atom. The molecule has 0 aromatic carbocycles. The van der Waals surface area contributed by atoms with E-state index in [9.17, 15) is 4.79 Å². The van der Waals surface area contributed by atoms with Crippen molar-refractivity contribution in [3.05, 3.63) is 0 Å². The van der Waals surface area contributed by atoms with E-state index in [1.54, 1.807) is 0 Å². The molecule has 0 saturated heterocycles. The van der Waals surface area contributed by atoms with E-state index in [0.29, 0.717) is 5.92 Å². The number of ether oxygens (including phenoxy) is 1. The minimum absolute atomic E-state index is 0.0554. The van der Waals surface area contributed by atoms with Crippen LogP contribution in [0.1, 0.15) is 47.0 Å². The average molecular weight is 239 g/mol. The highest BCUT2D eigenvalue weighted by atomic mass is 16.6. The van der Waals surface area contributed by atoms with E-state index in [-0.39, 0.29) is 16.8 Å². The molecule has 0 heterocycles. The van der Waals surface area contributed by atoms with Gasteiger partial charge in [-0.05, 0) is 38.3 Å². The minimum atomic E-state index is -0.411. The first kappa shape index (κ1) is 12.9. The third kappa shape index (κ3) is 1.35. The van der Waals surface area contributed by atoms with Crippen molar-refractivity contribution in [1.82, 2.24) is 4.90 Å². The molecule has 2 saturated carbocycles. The maximum Gasteiger partial charge on any atom is 0.304 e. The lowest BCUT2D eigenvalue weighted by atomic mass is 9.67. The highest BCUT2D eigenvalue weighted by Crippen LogP contribution is 2.71. The highest BCUT2D eigenvalue weighted by Gasteiger charge is 2.71. The molecule has 2 aliphatic rings. The molecule has 3 atom stereocenters. The molecule has 2 aliphatic carbocycles. The molecule has 0 radical (unpaired) electrons. The first-order valence-electron chi connectivity index (χ1n) is 6.54.